The summed E-state index contributed by atoms with van der Waals surface area (Å²) in [5.41, 5.74) is 1.30. The van der Waals surface area contributed by atoms with Gasteiger partial charge in [0.1, 0.15) is 11.9 Å². The number of rotatable bonds is 9. The number of halogens is 3. The van der Waals surface area contributed by atoms with Crippen LogP contribution in [0.5, 0.6) is 0 Å². The lowest BCUT2D eigenvalue weighted by molar-refractivity contribution is -0.138. The van der Waals surface area contributed by atoms with Gasteiger partial charge in [-0.3, -0.25) is 9.59 Å². The molecule has 0 aliphatic heterocycles. The molecule has 0 saturated carbocycles. The van der Waals surface area contributed by atoms with E-state index in [0.717, 1.165) is 5.56 Å². The molecule has 0 bridgehead atoms. The molecule has 0 spiro atoms. The number of carbonyl (C=O) groups excluding carboxylic acids is 2. The van der Waals surface area contributed by atoms with Crippen LogP contribution in [0.1, 0.15) is 31.9 Å². The average Bonchev–Trinajstić information content (AvgIpc) is 2.69. The summed E-state index contributed by atoms with van der Waals surface area (Å²) in [4.78, 5) is 26.9. The largest absolute Gasteiger partial charge is 0.352 e. The van der Waals surface area contributed by atoms with Gasteiger partial charge in [-0.25, -0.2) is 4.39 Å². The molecule has 0 radical (unpaired) electrons. The number of hydrogen-bond acceptors (Lipinski definition) is 3. The lowest BCUT2D eigenvalue weighted by Crippen LogP contribution is -2.49. The monoisotopic (exact) mass is 470 g/mol. The molecule has 1 atom stereocenters. The fourth-order valence-electron chi connectivity index (χ4n) is 2.77. The Morgan fingerprint density at radius 2 is 1.80 bits per heavy atom. The zero-order valence-corrected chi connectivity index (χ0v) is 19.5. The minimum absolute atomic E-state index is 0.0194. The van der Waals surface area contributed by atoms with Crippen LogP contribution in [0.25, 0.3) is 0 Å². The Labute approximate surface area is 191 Å². The van der Waals surface area contributed by atoms with Crippen LogP contribution in [0.15, 0.2) is 42.5 Å². The van der Waals surface area contributed by atoms with Crippen LogP contribution in [0.3, 0.4) is 0 Å². The molecule has 0 saturated heterocycles. The number of benzene rings is 2. The Hall–Kier alpha value is -1.76. The van der Waals surface area contributed by atoms with Gasteiger partial charge in [0.05, 0.1) is 15.8 Å². The zero-order valence-electron chi connectivity index (χ0n) is 17.1. The van der Waals surface area contributed by atoms with Crippen molar-refractivity contribution in [3.05, 3.63) is 69.5 Å². The highest BCUT2D eigenvalue weighted by atomic mass is 35.5. The first-order valence-electron chi connectivity index (χ1n) is 9.54. The highest BCUT2D eigenvalue weighted by Crippen LogP contribution is 2.25. The van der Waals surface area contributed by atoms with Crippen molar-refractivity contribution in [1.82, 2.24) is 10.2 Å². The van der Waals surface area contributed by atoms with E-state index >= 15 is 0 Å². The van der Waals surface area contributed by atoms with Crippen LogP contribution < -0.4 is 5.32 Å². The highest BCUT2D eigenvalue weighted by Gasteiger charge is 2.27. The van der Waals surface area contributed by atoms with Gasteiger partial charge in [-0.05, 0) is 44.5 Å². The molecule has 0 heterocycles. The van der Waals surface area contributed by atoms with Gasteiger partial charge in [-0.1, -0.05) is 47.5 Å². The van der Waals surface area contributed by atoms with Crippen molar-refractivity contribution >= 4 is 46.8 Å². The third-order valence-electron chi connectivity index (χ3n) is 4.38. The second kappa shape index (κ2) is 11.6. The summed E-state index contributed by atoms with van der Waals surface area (Å²) < 4.78 is 14.2. The molecular formula is C22H25Cl2FN2O2S. The van der Waals surface area contributed by atoms with E-state index in [4.69, 9.17) is 23.2 Å². The zero-order chi connectivity index (χ0) is 22.3. The van der Waals surface area contributed by atoms with E-state index in [2.05, 4.69) is 5.32 Å². The standard InChI is InChI=1S/C22H25Cl2FN2O2S/c1-14(2)26-22(29)15(3)27(11-17-6-4-5-7-20(17)25)21(28)13-30-12-16-8-9-18(23)19(24)10-16/h4-10,14-15H,11-13H2,1-3H3,(H,26,29)/t15-/m0/s1. The van der Waals surface area contributed by atoms with Crippen molar-refractivity contribution in [1.29, 1.82) is 0 Å². The van der Waals surface area contributed by atoms with Crippen LogP contribution in [-0.2, 0) is 21.9 Å². The van der Waals surface area contributed by atoms with Gasteiger partial charge in [-0.2, -0.15) is 0 Å². The van der Waals surface area contributed by atoms with Gasteiger partial charge in [0.15, 0.2) is 0 Å². The Balaban J connectivity index is 2.09. The molecule has 2 rings (SSSR count). The van der Waals surface area contributed by atoms with E-state index in [9.17, 15) is 14.0 Å². The number of nitrogens with zero attached hydrogens (tertiary/aromatic N) is 1. The predicted octanol–water partition coefficient (Wildman–Crippen LogP) is 5.31. The highest BCUT2D eigenvalue weighted by molar-refractivity contribution is 7.99. The third-order valence-corrected chi connectivity index (χ3v) is 6.10. The Morgan fingerprint density at radius 1 is 1.10 bits per heavy atom. The Bertz CT molecular complexity index is 895. The van der Waals surface area contributed by atoms with Gasteiger partial charge in [0.25, 0.3) is 0 Å². The van der Waals surface area contributed by atoms with Crippen LogP contribution in [0.2, 0.25) is 10.0 Å². The smallest absolute Gasteiger partial charge is 0.242 e. The fraction of sp³-hybridized carbons (Fsp3) is 0.364. The van der Waals surface area contributed by atoms with Crippen LogP contribution >= 0.6 is 35.0 Å². The van der Waals surface area contributed by atoms with Crippen molar-refractivity contribution in [3.63, 3.8) is 0 Å². The third kappa shape index (κ3) is 7.18. The molecule has 1 N–H and O–H groups in total. The summed E-state index contributed by atoms with van der Waals surface area (Å²) >= 11 is 13.4. The number of thioether (sulfide) groups is 1. The van der Waals surface area contributed by atoms with Crippen molar-refractivity contribution in [2.45, 2.75) is 45.2 Å². The van der Waals surface area contributed by atoms with E-state index in [1.165, 1.54) is 22.7 Å². The lowest BCUT2D eigenvalue weighted by Gasteiger charge is -2.29. The van der Waals surface area contributed by atoms with Crippen LogP contribution in [0.4, 0.5) is 4.39 Å². The van der Waals surface area contributed by atoms with E-state index in [0.29, 0.717) is 21.4 Å². The Kier molecular flexibility index (Phi) is 9.46. The lowest BCUT2D eigenvalue weighted by atomic mass is 10.1. The molecule has 0 unspecified atom stereocenters. The second-order valence-corrected chi connectivity index (χ2v) is 8.99. The van der Waals surface area contributed by atoms with E-state index < -0.39 is 11.9 Å². The summed E-state index contributed by atoms with van der Waals surface area (Å²) in [7, 11) is 0. The molecule has 2 aromatic carbocycles. The normalized spacial score (nSPS) is 12.0. The molecule has 0 aliphatic rings. The summed E-state index contributed by atoms with van der Waals surface area (Å²) in [5, 5.41) is 3.75. The summed E-state index contributed by atoms with van der Waals surface area (Å²) in [5.74, 6) is -0.217. The summed E-state index contributed by atoms with van der Waals surface area (Å²) in [6, 6.07) is 10.8. The Morgan fingerprint density at radius 3 is 2.43 bits per heavy atom. The molecule has 4 nitrogen and oxygen atoms in total. The first kappa shape index (κ1) is 24.5. The van der Waals surface area contributed by atoms with Gasteiger partial charge >= 0.3 is 0 Å². The van der Waals surface area contributed by atoms with E-state index in [1.54, 1.807) is 37.3 Å². The molecule has 0 aliphatic carbocycles. The SMILES string of the molecule is CC(C)NC(=O)[C@H](C)N(Cc1ccccc1F)C(=O)CSCc1ccc(Cl)c(Cl)c1. The molecule has 2 aromatic rings. The number of carbonyl (C=O) groups is 2. The van der Waals surface area contributed by atoms with Crippen LogP contribution in [0, 0.1) is 5.82 Å². The molecule has 162 valence electrons. The molecule has 8 heteroatoms. The number of hydrogen-bond donors (Lipinski definition) is 1. The number of amides is 2. The fourth-order valence-corrected chi connectivity index (χ4v) is 3.94. The minimum atomic E-state index is -0.731. The van der Waals surface area contributed by atoms with Crippen molar-refractivity contribution in [2.75, 3.05) is 5.75 Å². The first-order valence-corrected chi connectivity index (χ1v) is 11.4. The minimum Gasteiger partial charge on any atom is -0.352 e. The number of nitrogens with one attached hydrogen (secondary N) is 1. The molecule has 30 heavy (non-hydrogen) atoms. The summed E-state index contributed by atoms with van der Waals surface area (Å²) in [6.07, 6.45) is 0. The van der Waals surface area contributed by atoms with Gasteiger partial charge < -0.3 is 10.2 Å². The van der Waals surface area contributed by atoms with Crippen molar-refractivity contribution in [2.24, 2.45) is 0 Å². The van der Waals surface area contributed by atoms with Crippen molar-refractivity contribution < 1.29 is 14.0 Å². The summed E-state index contributed by atoms with van der Waals surface area (Å²) in [6.45, 7) is 5.37. The predicted molar refractivity (Wildman–Crippen MR) is 122 cm³/mol. The maximum absolute atomic E-state index is 14.2. The van der Waals surface area contributed by atoms with Crippen molar-refractivity contribution in [3.8, 4) is 0 Å². The molecule has 2 amide bonds. The maximum Gasteiger partial charge on any atom is 0.242 e. The molecule has 0 aromatic heterocycles. The average molecular weight is 471 g/mol. The van der Waals surface area contributed by atoms with E-state index in [-0.39, 0.29) is 30.2 Å². The van der Waals surface area contributed by atoms with Crippen LogP contribution in [-0.4, -0.2) is 34.6 Å². The molecule has 0 fully saturated rings. The topological polar surface area (TPSA) is 49.4 Å². The maximum atomic E-state index is 14.2. The van der Waals surface area contributed by atoms with Gasteiger partial charge in [-0.15, -0.1) is 11.8 Å². The van der Waals surface area contributed by atoms with Gasteiger partial charge in [0.2, 0.25) is 11.8 Å². The molecular weight excluding hydrogens is 446 g/mol. The van der Waals surface area contributed by atoms with Gasteiger partial charge in [0, 0.05) is 23.9 Å². The quantitative estimate of drug-likeness (QED) is 0.540. The first-order chi connectivity index (χ1) is 14.2. The van der Waals surface area contributed by atoms with E-state index in [1.807, 2.05) is 19.9 Å². The second-order valence-electron chi connectivity index (χ2n) is 7.19.